The second kappa shape index (κ2) is 21.0. The van der Waals surface area contributed by atoms with E-state index in [0.717, 1.165) is 71.0 Å². The van der Waals surface area contributed by atoms with Gasteiger partial charge < -0.3 is 35.5 Å². The lowest BCUT2D eigenvalue weighted by atomic mass is 10.0. The Morgan fingerprint density at radius 2 is 1.09 bits per heavy atom. The molecule has 3 unspecified atom stereocenters. The number of oxime groups is 1. The number of hydrogen-bond acceptors (Lipinski definition) is 11. The van der Waals surface area contributed by atoms with E-state index in [0.29, 0.717) is 48.7 Å². The molecule has 0 amide bonds. The highest BCUT2D eigenvalue weighted by Crippen LogP contribution is 2.38. The Balaban J connectivity index is 0.000000148. The molecule has 65 heavy (non-hydrogen) atoms. The van der Waals surface area contributed by atoms with Crippen LogP contribution >= 0.6 is 0 Å². The summed E-state index contributed by atoms with van der Waals surface area (Å²) in [5, 5.41) is 43.0. The summed E-state index contributed by atoms with van der Waals surface area (Å²) in [5.41, 5.74) is 22.6. The highest BCUT2D eigenvalue weighted by Gasteiger charge is 2.27. The Bertz CT molecular complexity index is 2770. The van der Waals surface area contributed by atoms with Gasteiger partial charge in [0.05, 0.1) is 25.0 Å². The highest BCUT2D eigenvalue weighted by atomic mass is 16.5. The number of amidine groups is 1. The number of rotatable bonds is 8. The van der Waals surface area contributed by atoms with E-state index in [9.17, 15) is 10.2 Å². The molecule has 0 saturated heterocycles. The predicted octanol–water partition coefficient (Wildman–Crippen LogP) is 9.86. The number of nitrogens with two attached hydrogens (primary N) is 1. The number of hydrogen-bond donors (Lipinski definition) is 5. The van der Waals surface area contributed by atoms with Crippen LogP contribution in [0.2, 0.25) is 0 Å². The van der Waals surface area contributed by atoms with Crippen LogP contribution in [0.25, 0.3) is 22.8 Å². The Labute approximate surface area is 381 Å². The van der Waals surface area contributed by atoms with E-state index < -0.39 is 6.10 Å². The molecule has 3 aliphatic carbocycles. The molecule has 3 atom stereocenters. The predicted molar refractivity (Wildman–Crippen MR) is 254 cm³/mol. The van der Waals surface area contributed by atoms with Crippen molar-refractivity contribution in [3.8, 4) is 22.8 Å². The van der Waals surface area contributed by atoms with Crippen molar-refractivity contribution in [2.75, 3.05) is 7.05 Å². The van der Waals surface area contributed by atoms with Gasteiger partial charge in [0, 0.05) is 22.7 Å². The van der Waals surface area contributed by atoms with Gasteiger partial charge in [-0.05, 0) is 140 Å². The van der Waals surface area contributed by atoms with Crippen molar-refractivity contribution in [1.82, 2.24) is 25.6 Å². The van der Waals surface area contributed by atoms with Crippen LogP contribution in [0.15, 0.2) is 105 Å². The molecular weight excluding hydrogens is 815 g/mol. The molecule has 7 aromatic rings. The normalized spacial score (nSPS) is 16.9. The second-order valence-corrected chi connectivity index (χ2v) is 16.8. The molecule has 0 radical (unpaired) electrons. The number of aliphatic hydroxyl groups excluding tert-OH is 2. The first-order chi connectivity index (χ1) is 31.5. The standard InChI is InChI=1S/C21H23N3O.C20H20N2O2.C10H12N2O2.C2H6/c1-13-7-8-15(11-14(13)2)12-20-23-21(24-25-20)18-6-4-5-17-16(18)9-10-19(17)22-3;1-12-6-7-14(10-13(12)2)11-19-21-20(22-24-19)17-5-3-4-16-15(17)8-9-18(16)23;11-10(12-14)8-3-1-2-7-6(8)4-5-9(7)13;1-2/h4-8,11,19,22H,9-10,12H2,1-3H3;3-7,10,18,23H,8-9,11H2,1-2H3;1-3,9,13-14H,4-5H2,(H2,11,12);1-2H3. The van der Waals surface area contributed by atoms with E-state index in [4.69, 9.17) is 20.0 Å². The van der Waals surface area contributed by atoms with E-state index in [1.54, 1.807) is 12.1 Å². The van der Waals surface area contributed by atoms with Crippen LogP contribution in [0, 0.1) is 27.7 Å². The molecule has 0 spiro atoms. The number of benzene rings is 5. The Morgan fingerprint density at radius 3 is 1.60 bits per heavy atom. The lowest BCUT2D eigenvalue weighted by Crippen LogP contribution is -2.15. The highest BCUT2D eigenvalue weighted by molar-refractivity contribution is 5.98. The molecule has 0 fully saturated rings. The van der Waals surface area contributed by atoms with Crippen LogP contribution in [-0.4, -0.2) is 48.6 Å². The number of nitrogens with zero attached hydrogens (tertiary/aromatic N) is 5. The van der Waals surface area contributed by atoms with Gasteiger partial charge >= 0.3 is 0 Å². The van der Waals surface area contributed by atoms with Gasteiger partial charge in [-0.2, -0.15) is 9.97 Å². The largest absolute Gasteiger partial charge is 0.409 e. The minimum Gasteiger partial charge on any atom is -0.409 e. The number of aryl methyl sites for hydroxylation is 4. The third-order valence-corrected chi connectivity index (χ3v) is 12.8. The van der Waals surface area contributed by atoms with Gasteiger partial charge in [0.15, 0.2) is 5.84 Å². The van der Waals surface area contributed by atoms with E-state index >= 15 is 0 Å². The maximum Gasteiger partial charge on any atom is 0.231 e. The van der Waals surface area contributed by atoms with Crippen LogP contribution in [0.1, 0.15) is 135 Å². The molecule has 12 heteroatoms. The lowest BCUT2D eigenvalue weighted by molar-refractivity contribution is 0.179. The Hall–Kier alpha value is -6.47. The third kappa shape index (κ3) is 10.4. The quantitative estimate of drug-likeness (QED) is 0.0423. The molecule has 338 valence electrons. The maximum atomic E-state index is 10.0. The van der Waals surface area contributed by atoms with Crippen LogP contribution in [0.4, 0.5) is 0 Å². The molecule has 6 N–H and O–H groups in total. The Morgan fingerprint density at radius 1 is 0.631 bits per heavy atom. The third-order valence-electron chi connectivity index (χ3n) is 12.8. The first-order valence-electron chi connectivity index (χ1n) is 22.7. The zero-order chi connectivity index (χ0) is 46.2. The van der Waals surface area contributed by atoms with Gasteiger partial charge in [0.25, 0.3) is 0 Å². The maximum absolute atomic E-state index is 10.0. The van der Waals surface area contributed by atoms with Crippen LogP contribution in [0.3, 0.4) is 0 Å². The minimum absolute atomic E-state index is 0.107. The SMILES string of the molecule is CC.CNC1CCc2c(-c3noc(Cc4ccc(C)c(C)c4)n3)cccc21.Cc1ccc(Cc2nc(-c3cccc4c3CCC4O)no2)cc1C.NC(=NO)c1cccc2c1CCC2O. The molecule has 0 bridgehead atoms. The topological polar surface area (TPSA) is 189 Å². The molecule has 0 aliphatic heterocycles. The lowest BCUT2D eigenvalue weighted by Gasteiger charge is -2.10. The average Bonchev–Trinajstić information content (AvgIpc) is 4.19. The fourth-order valence-corrected chi connectivity index (χ4v) is 8.98. The van der Waals surface area contributed by atoms with Crippen LogP contribution < -0.4 is 11.1 Å². The van der Waals surface area contributed by atoms with Crippen molar-refractivity contribution >= 4 is 5.84 Å². The monoisotopic (exact) mass is 875 g/mol. The average molecular weight is 876 g/mol. The van der Waals surface area contributed by atoms with Gasteiger partial charge in [-0.25, -0.2) is 0 Å². The number of nitrogens with one attached hydrogen (secondary N) is 1. The molecule has 5 aromatic carbocycles. The van der Waals surface area contributed by atoms with Gasteiger partial charge in [0.2, 0.25) is 23.4 Å². The molecule has 2 aromatic heterocycles. The first kappa shape index (κ1) is 46.5. The summed E-state index contributed by atoms with van der Waals surface area (Å²) in [6.45, 7) is 12.5. The molecule has 2 heterocycles. The van der Waals surface area contributed by atoms with Crippen molar-refractivity contribution in [2.24, 2.45) is 10.9 Å². The molecular formula is C53H61N7O5. The molecule has 12 nitrogen and oxygen atoms in total. The summed E-state index contributed by atoms with van der Waals surface area (Å²) in [4.78, 5) is 9.23. The van der Waals surface area contributed by atoms with Crippen molar-refractivity contribution in [1.29, 1.82) is 0 Å². The zero-order valence-corrected chi connectivity index (χ0v) is 38.5. The van der Waals surface area contributed by atoms with E-state index in [1.807, 2.05) is 45.2 Å². The summed E-state index contributed by atoms with van der Waals surface area (Å²) in [7, 11) is 2.02. The number of aromatic nitrogens is 4. The fourth-order valence-electron chi connectivity index (χ4n) is 8.98. The minimum atomic E-state index is -0.406. The van der Waals surface area contributed by atoms with Gasteiger partial charge in [-0.3, -0.25) is 0 Å². The van der Waals surface area contributed by atoms with E-state index in [-0.39, 0.29) is 11.9 Å². The summed E-state index contributed by atoms with van der Waals surface area (Å²) >= 11 is 0. The van der Waals surface area contributed by atoms with Crippen molar-refractivity contribution in [2.45, 2.75) is 111 Å². The Kier molecular flexibility index (Phi) is 15.0. The van der Waals surface area contributed by atoms with Crippen molar-refractivity contribution in [3.05, 3.63) is 175 Å². The van der Waals surface area contributed by atoms with Crippen molar-refractivity contribution < 1.29 is 24.5 Å². The summed E-state index contributed by atoms with van der Waals surface area (Å²) in [5.74, 6) is 2.70. The molecule has 10 rings (SSSR count). The number of aliphatic hydroxyl groups is 2. The van der Waals surface area contributed by atoms with Crippen molar-refractivity contribution in [3.63, 3.8) is 0 Å². The van der Waals surface area contributed by atoms with Gasteiger partial charge in [0.1, 0.15) is 0 Å². The van der Waals surface area contributed by atoms with Gasteiger partial charge in [-0.15, -0.1) is 0 Å². The first-order valence-corrected chi connectivity index (χ1v) is 22.7. The number of fused-ring (bicyclic) bond motifs is 3. The van der Waals surface area contributed by atoms with E-state index in [2.05, 4.69) is 113 Å². The second-order valence-electron chi connectivity index (χ2n) is 16.8. The summed E-state index contributed by atoms with van der Waals surface area (Å²) in [6, 6.07) is 31.1. The zero-order valence-electron chi connectivity index (χ0n) is 38.5. The fraction of sp³-hybridized carbons (Fsp3) is 0.340. The van der Waals surface area contributed by atoms with Crippen LogP contribution in [0.5, 0.6) is 0 Å². The molecule has 0 saturated carbocycles. The summed E-state index contributed by atoms with van der Waals surface area (Å²) < 4.78 is 11.0. The molecule has 3 aliphatic rings. The van der Waals surface area contributed by atoms with E-state index in [1.165, 1.54) is 44.5 Å². The summed E-state index contributed by atoms with van der Waals surface area (Å²) in [6.07, 6.45) is 5.81. The smallest absolute Gasteiger partial charge is 0.231 e. The van der Waals surface area contributed by atoms with Gasteiger partial charge in [-0.1, -0.05) is 120 Å². The van der Waals surface area contributed by atoms with Crippen LogP contribution in [-0.2, 0) is 32.1 Å².